The van der Waals surface area contributed by atoms with E-state index < -0.39 is 5.41 Å². The van der Waals surface area contributed by atoms with E-state index in [2.05, 4.69) is 138 Å². The van der Waals surface area contributed by atoms with Crippen molar-refractivity contribution in [3.8, 4) is 56.5 Å². The first kappa shape index (κ1) is 32.0. The zero-order chi connectivity index (χ0) is 37.1. The predicted molar refractivity (Wildman–Crippen MR) is 225 cm³/mol. The van der Waals surface area contributed by atoms with Crippen molar-refractivity contribution < 1.29 is 0 Å². The molecule has 0 saturated heterocycles. The van der Waals surface area contributed by atoms with Gasteiger partial charge in [0.1, 0.15) is 0 Å². The van der Waals surface area contributed by atoms with E-state index in [4.69, 9.17) is 19.9 Å². The number of pyridine rings is 1. The lowest BCUT2D eigenvalue weighted by atomic mass is 9.64. The largest absolute Gasteiger partial charge is 0.310 e. The second-order valence-corrected chi connectivity index (χ2v) is 14.2. The third kappa shape index (κ3) is 4.88. The Hall–Kier alpha value is -7.50. The predicted octanol–water partition coefficient (Wildman–Crippen LogP) is 12.1. The van der Waals surface area contributed by atoms with Crippen molar-refractivity contribution >= 4 is 17.1 Å². The van der Waals surface area contributed by atoms with E-state index in [1.807, 2.05) is 66.9 Å². The number of hydrogen-bond acceptors (Lipinski definition) is 5. The van der Waals surface area contributed by atoms with Crippen LogP contribution in [0, 0.1) is 0 Å². The topological polar surface area (TPSA) is 54.8 Å². The highest BCUT2D eigenvalue weighted by molar-refractivity contribution is 5.95. The van der Waals surface area contributed by atoms with Crippen LogP contribution in [-0.4, -0.2) is 19.9 Å². The van der Waals surface area contributed by atoms with Crippen LogP contribution < -0.4 is 4.90 Å². The fourth-order valence-corrected chi connectivity index (χ4v) is 8.74. The van der Waals surface area contributed by atoms with Crippen molar-refractivity contribution in [1.82, 2.24) is 19.9 Å². The normalized spacial score (nSPS) is 13.1. The van der Waals surface area contributed by atoms with Gasteiger partial charge in [-0.2, -0.15) is 0 Å². The van der Waals surface area contributed by atoms with Crippen LogP contribution in [0.2, 0.25) is 0 Å². The maximum absolute atomic E-state index is 5.05. The molecule has 1 spiro atoms. The third-order valence-corrected chi connectivity index (χ3v) is 11.2. The lowest BCUT2D eigenvalue weighted by molar-refractivity contribution is 0.751. The Morgan fingerprint density at radius 3 is 1.41 bits per heavy atom. The molecule has 0 fully saturated rings. The van der Waals surface area contributed by atoms with Crippen LogP contribution in [0.1, 0.15) is 22.3 Å². The number of para-hydroxylation sites is 3. The molecular formula is C51H33N5. The molecule has 0 saturated carbocycles. The molecular weight excluding hydrogens is 683 g/mol. The van der Waals surface area contributed by atoms with E-state index in [1.54, 1.807) is 0 Å². The molecule has 7 aromatic carbocycles. The van der Waals surface area contributed by atoms with E-state index >= 15 is 0 Å². The van der Waals surface area contributed by atoms with Gasteiger partial charge in [-0.15, -0.1) is 0 Å². The molecule has 0 atom stereocenters. The Kier molecular flexibility index (Phi) is 7.32. The molecule has 3 heterocycles. The first-order chi connectivity index (χ1) is 27.8. The van der Waals surface area contributed by atoms with Gasteiger partial charge in [0, 0.05) is 34.1 Å². The molecule has 0 N–H and O–H groups in total. The SMILES string of the molecule is c1ccc(-c2nc(-c3ccccc3)nc(-c3ccc(-c4ccc5c(c4)C4(c6ccccc6N(c6ccccc6)c6ccccc64)c4cccnc4-5)cc3)n2)cc1. The zero-order valence-electron chi connectivity index (χ0n) is 30.3. The summed E-state index contributed by atoms with van der Waals surface area (Å²) < 4.78 is 0. The molecule has 1 aliphatic heterocycles. The Morgan fingerprint density at radius 1 is 0.357 bits per heavy atom. The summed E-state index contributed by atoms with van der Waals surface area (Å²) in [7, 11) is 0. The van der Waals surface area contributed by atoms with Crippen molar-refractivity contribution in [3.05, 3.63) is 223 Å². The van der Waals surface area contributed by atoms with Crippen molar-refractivity contribution in [2.45, 2.75) is 5.41 Å². The summed E-state index contributed by atoms with van der Waals surface area (Å²) in [6, 6.07) is 68.4. The fraction of sp³-hybridized carbons (Fsp3) is 0.0196. The summed E-state index contributed by atoms with van der Waals surface area (Å²) in [6.45, 7) is 0. The minimum Gasteiger partial charge on any atom is -0.310 e. The summed E-state index contributed by atoms with van der Waals surface area (Å²) in [5, 5.41) is 0. The molecule has 11 rings (SSSR count). The molecule has 2 aliphatic rings. The van der Waals surface area contributed by atoms with E-state index in [-0.39, 0.29) is 0 Å². The molecule has 0 bridgehead atoms. The van der Waals surface area contributed by atoms with E-state index in [1.165, 1.54) is 22.3 Å². The first-order valence-corrected chi connectivity index (χ1v) is 18.9. The van der Waals surface area contributed by atoms with Gasteiger partial charge in [-0.25, -0.2) is 15.0 Å². The summed E-state index contributed by atoms with van der Waals surface area (Å²) in [5.74, 6) is 1.93. The quantitative estimate of drug-likeness (QED) is 0.178. The molecule has 0 amide bonds. The number of hydrogen-bond donors (Lipinski definition) is 0. The van der Waals surface area contributed by atoms with Crippen LogP contribution in [0.5, 0.6) is 0 Å². The highest BCUT2D eigenvalue weighted by Gasteiger charge is 2.52. The Labute approximate surface area is 325 Å². The molecule has 2 aromatic heterocycles. The Balaban J connectivity index is 1.06. The van der Waals surface area contributed by atoms with Crippen LogP contribution in [0.3, 0.4) is 0 Å². The monoisotopic (exact) mass is 715 g/mol. The highest BCUT2D eigenvalue weighted by atomic mass is 15.2. The average Bonchev–Trinajstić information content (AvgIpc) is 3.57. The number of aromatic nitrogens is 4. The van der Waals surface area contributed by atoms with Crippen LogP contribution in [-0.2, 0) is 5.41 Å². The van der Waals surface area contributed by atoms with Crippen LogP contribution in [0.15, 0.2) is 200 Å². The lowest BCUT2D eigenvalue weighted by Crippen LogP contribution is -2.36. The van der Waals surface area contributed by atoms with Gasteiger partial charge in [-0.3, -0.25) is 4.98 Å². The maximum atomic E-state index is 5.05. The van der Waals surface area contributed by atoms with E-state index in [9.17, 15) is 0 Å². The average molecular weight is 716 g/mol. The molecule has 0 radical (unpaired) electrons. The second-order valence-electron chi connectivity index (χ2n) is 14.2. The number of rotatable bonds is 5. The molecule has 56 heavy (non-hydrogen) atoms. The Bertz CT molecular complexity index is 2800. The standard InChI is InChI=1S/C51H33N5/c1-4-15-35(16-5-1)48-53-49(36-17-6-2-7-18-36)55-50(54-48)37-28-26-34(27-29-37)38-30-31-40-44(33-38)51(43-23-14-32-52-47(40)43)41-21-10-12-24-45(41)56(39-19-8-3-9-20-39)46-25-13-11-22-42(46)51/h1-33H. The van der Waals surface area contributed by atoms with Crippen LogP contribution in [0.25, 0.3) is 56.5 Å². The number of nitrogens with zero attached hydrogens (tertiary/aromatic N) is 5. The van der Waals surface area contributed by atoms with Crippen molar-refractivity contribution in [1.29, 1.82) is 0 Å². The summed E-state index contributed by atoms with van der Waals surface area (Å²) >= 11 is 0. The molecule has 5 heteroatoms. The van der Waals surface area contributed by atoms with Crippen LogP contribution in [0.4, 0.5) is 17.1 Å². The van der Waals surface area contributed by atoms with Gasteiger partial charge < -0.3 is 4.90 Å². The molecule has 5 nitrogen and oxygen atoms in total. The van der Waals surface area contributed by atoms with Gasteiger partial charge >= 0.3 is 0 Å². The van der Waals surface area contributed by atoms with Crippen molar-refractivity contribution in [2.75, 3.05) is 4.90 Å². The Morgan fingerprint density at radius 2 is 0.821 bits per heavy atom. The van der Waals surface area contributed by atoms with Crippen molar-refractivity contribution in [2.24, 2.45) is 0 Å². The number of anilines is 3. The van der Waals surface area contributed by atoms with Gasteiger partial charge in [-0.05, 0) is 69.8 Å². The molecule has 9 aromatic rings. The summed E-state index contributed by atoms with van der Waals surface area (Å²) in [5.41, 5.74) is 15.1. The highest BCUT2D eigenvalue weighted by Crippen LogP contribution is 2.63. The maximum Gasteiger partial charge on any atom is 0.164 e. The molecule has 0 unspecified atom stereocenters. The number of fused-ring (bicyclic) bond motifs is 9. The molecule has 1 aliphatic carbocycles. The molecule has 262 valence electrons. The minimum atomic E-state index is -0.570. The van der Waals surface area contributed by atoms with Gasteiger partial charge in [-0.1, -0.05) is 158 Å². The van der Waals surface area contributed by atoms with Crippen molar-refractivity contribution in [3.63, 3.8) is 0 Å². The van der Waals surface area contributed by atoms with Gasteiger partial charge in [0.25, 0.3) is 0 Å². The third-order valence-electron chi connectivity index (χ3n) is 11.2. The smallest absolute Gasteiger partial charge is 0.164 e. The van der Waals surface area contributed by atoms with E-state index in [0.717, 1.165) is 56.1 Å². The minimum absolute atomic E-state index is 0.570. The van der Waals surface area contributed by atoms with Gasteiger partial charge in [0.05, 0.1) is 22.5 Å². The first-order valence-electron chi connectivity index (χ1n) is 18.9. The zero-order valence-corrected chi connectivity index (χ0v) is 30.3. The van der Waals surface area contributed by atoms with Gasteiger partial charge in [0.15, 0.2) is 17.5 Å². The summed E-state index contributed by atoms with van der Waals surface area (Å²) in [4.78, 5) is 22.3. The summed E-state index contributed by atoms with van der Waals surface area (Å²) in [6.07, 6.45) is 1.92. The van der Waals surface area contributed by atoms with Crippen LogP contribution >= 0.6 is 0 Å². The number of benzene rings is 7. The lowest BCUT2D eigenvalue weighted by Gasteiger charge is -2.45. The fourth-order valence-electron chi connectivity index (χ4n) is 8.74. The van der Waals surface area contributed by atoms with E-state index in [0.29, 0.717) is 17.5 Å². The van der Waals surface area contributed by atoms with Gasteiger partial charge in [0.2, 0.25) is 0 Å². The second kappa shape index (κ2) is 12.8.